The Balaban J connectivity index is 1.59. The molecule has 0 atom stereocenters. The zero-order valence-corrected chi connectivity index (χ0v) is 18.1. The van der Waals surface area contributed by atoms with E-state index in [1.54, 1.807) is 17.7 Å². The van der Waals surface area contributed by atoms with Crippen LogP contribution in [0.15, 0.2) is 42.5 Å². The molecule has 8 heteroatoms. The highest BCUT2D eigenvalue weighted by Gasteiger charge is 2.51. The van der Waals surface area contributed by atoms with Crippen LogP contribution < -0.4 is 15.5 Å². The van der Waals surface area contributed by atoms with E-state index in [1.807, 2.05) is 71.1 Å². The second kappa shape index (κ2) is 7.14. The van der Waals surface area contributed by atoms with Crippen LogP contribution >= 0.6 is 0 Å². The zero-order valence-electron chi connectivity index (χ0n) is 18.1. The number of hydrogen-bond acceptors (Lipinski definition) is 5. The lowest BCUT2D eigenvalue weighted by Crippen LogP contribution is -2.41. The molecule has 0 radical (unpaired) electrons. The molecule has 3 aromatic rings. The van der Waals surface area contributed by atoms with Gasteiger partial charge in [0, 0.05) is 7.05 Å². The van der Waals surface area contributed by atoms with Crippen LogP contribution in [0, 0.1) is 0 Å². The maximum absolute atomic E-state index is 12.9. The van der Waals surface area contributed by atoms with Crippen LogP contribution in [0.2, 0.25) is 0 Å². The summed E-state index contributed by atoms with van der Waals surface area (Å²) in [6.07, 6.45) is 0. The highest BCUT2D eigenvalue weighted by atomic mass is 16.7. The summed E-state index contributed by atoms with van der Waals surface area (Å²) in [5.74, 6) is 0.540. The van der Waals surface area contributed by atoms with Crippen molar-refractivity contribution >= 4 is 35.2 Å². The number of methoxy groups -OCH3 is 1. The molecule has 1 fully saturated rings. The fraction of sp³-hybridized carbons (Fsp3) is 0.364. The van der Waals surface area contributed by atoms with Crippen molar-refractivity contribution in [1.82, 2.24) is 9.55 Å². The largest absolute Gasteiger partial charge is 0.495 e. The van der Waals surface area contributed by atoms with E-state index >= 15 is 0 Å². The van der Waals surface area contributed by atoms with Crippen LogP contribution in [0.3, 0.4) is 0 Å². The quantitative estimate of drug-likeness (QED) is 0.673. The van der Waals surface area contributed by atoms with Crippen molar-refractivity contribution < 1.29 is 18.8 Å². The van der Waals surface area contributed by atoms with Gasteiger partial charge < -0.3 is 23.9 Å². The second-order valence-electron chi connectivity index (χ2n) is 8.49. The Morgan fingerprint density at radius 1 is 1.10 bits per heavy atom. The average molecular weight is 407 g/mol. The van der Waals surface area contributed by atoms with Gasteiger partial charge in [-0.3, -0.25) is 4.79 Å². The molecule has 7 nitrogen and oxygen atoms in total. The Morgan fingerprint density at radius 3 is 2.40 bits per heavy atom. The van der Waals surface area contributed by atoms with Crippen LogP contribution in [-0.2, 0) is 16.4 Å². The summed E-state index contributed by atoms with van der Waals surface area (Å²) in [6.45, 7) is 8.04. The number of ether oxygens (including phenoxy) is 1. The summed E-state index contributed by atoms with van der Waals surface area (Å²) >= 11 is 0. The number of para-hydroxylation sites is 2. The van der Waals surface area contributed by atoms with Gasteiger partial charge in [-0.05, 0) is 57.4 Å². The predicted octanol–water partition coefficient (Wildman–Crippen LogP) is 3.13. The van der Waals surface area contributed by atoms with E-state index in [4.69, 9.17) is 14.0 Å². The third-order valence-corrected chi connectivity index (χ3v) is 5.99. The molecule has 2 heterocycles. The molecular weight excluding hydrogens is 381 g/mol. The van der Waals surface area contributed by atoms with E-state index in [0.29, 0.717) is 17.3 Å². The lowest BCUT2D eigenvalue weighted by atomic mass is 9.79. The van der Waals surface area contributed by atoms with Crippen molar-refractivity contribution in [2.75, 3.05) is 12.4 Å². The van der Waals surface area contributed by atoms with Crippen molar-refractivity contribution in [3.63, 3.8) is 0 Å². The predicted molar refractivity (Wildman–Crippen MR) is 117 cm³/mol. The molecule has 1 N–H and O–H groups in total. The van der Waals surface area contributed by atoms with E-state index in [9.17, 15) is 4.79 Å². The zero-order chi connectivity index (χ0) is 21.7. The Kier molecular flexibility index (Phi) is 4.87. The first-order chi connectivity index (χ1) is 14.1. The first-order valence-corrected chi connectivity index (χ1v) is 9.89. The average Bonchev–Trinajstić information content (AvgIpc) is 3.15. The summed E-state index contributed by atoms with van der Waals surface area (Å²) in [7, 11) is 2.88. The van der Waals surface area contributed by atoms with Crippen molar-refractivity contribution in [1.29, 1.82) is 0 Å². The van der Waals surface area contributed by atoms with Crippen molar-refractivity contribution in [2.45, 2.75) is 38.9 Å². The molecule has 1 amide bonds. The van der Waals surface area contributed by atoms with Gasteiger partial charge in [0.1, 0.15) is 5.75 Å². The molecule has 0 unspecified atom stereocenters. The highest BCUT2D eigenvalue weighted by molar-refractivity contribution is 6.62. The van der Waals surface area contributed by atoms with Crippen LogP contribution in [-0.4, -0.2) is 40.9 Å². The van der Waals surface area contributed by atoms with Gasteiger partial charge in [0.15, 0.2) is 5.82 Å². The van der Waals surface area contributed by atoms with E-state index in [-0.39, 0.29) is 5.91 Å². The van der Waals surface area contributed by atoms with Gasteiger partial charge in [-0.25, -0.2) is 4.98 Å². The molecule has 2 aromatic carbocycles. The molecule has 156 valence electrons. The number of benzene rings is 2. The Morgan fingerprint density at radius 2 is 1.77 bits per heavy atom. The van der Waals surface area contributed by atoms with Gasteiger partial charge in [-0.1, -0.05) is 18.2 Å². The van der Waals surface area contributed by atoms with Crippen LogP contribution in [0.5, 0.6) is 5.75 Å². The van der Waals surface area contributed by atoms with E-state index in [0.717, 1.165) is 16.5 Å². The van der Waals surface area contributed by atoms with Crippen LogP contribution in [0.4, 0.5) is 5.69 Å². The number of rotatable bonds is 4. The SMILES string of the molecule is COc1cc(B2OC(C)(C)C(C)(C)O2)ccc1NC(=O)c1nc2ccccc2n1C. The Bertz CT molecular complexity index is 1110. The molecule has 1 aliphatic heterocycles. The fourth-order valence-electron chi connectivity index (χ4n) is 3.46. The standard InChI is InChI=1S/C22H26BN3O4/c1-21(2)22(3,4)30-23(29-21)14-11-12-16(18(13-14)28-6)25-20(27)19-24-15-9-7-8-10-17(15)26(19)5/h7-13H,1-6H3,(H,25,27). The molecule has 0 spiro atoms. The number of aryl methyl sites for hydroxylation is 1. The van der Waals surface area contributed by atoms with Crippen molar-refractivity contribution in [3.8, 4) is 5.75 Å². The third kappa shape index (κ3) is 3.36. The second-order valence-corrected chi connectivity index (χ2v) is 8.49. The maximum atomic E-state index is 12.9. The lowest BCUT2D eigenvalue weighted by Gasteiger charge is -2.32. The summed E-state index contributed by atoms with van der Waals surface area (Å²) in [4.78, 5) is 17.3. The normalized spacial score (nSPS) is 17.3. The first kappa shape index (κ1) is 20.4. The number of nitrogens with zero attached hydrogens (tertiary/aromatic N) is 2. The number of carbonyl (C=O) groups excluding carboxylic acids is 1. The monoisotopic (exact) mass is 407 g/mol. The molecule has 30 heavy (non-hydrogen) atoms. The van der Waals surface area contributed by atoms with Gasteiger partial charge in [0.2, 0.25) is 0 Å². The topological polar surface area (TPSA) is 74.6 Å². The highest BCUT2D eigenvalue weighted by Crippen LogP contribution is 2.37. The first-order valence-electron chi connectivity index (χ1n) is 9.89. The molecule has 1 saturated heterocycles. The summed E-state index contributed by atoms with van der Waals surface area (Å²) < 4.78 is 19.5. The van der Waals surface area contributed by atoms with Gasteiger partial charge in [0.25, 0.3) is 5.91 Å². The molecule has 1 aromatic heterocycles. The number of fused-ring (bicyclic) bond motifs is 1. The number of aromatic nitrogens is 2. The van der Waals surface area contributed by atoms with Crippen molar-refractivity contribution in [2.24, 2.45) is 7.05 Å². The Labute approximate surface area is 176 Å². The fourth-order valence-corrected chi connectivity index (χ4v) is 3.46. The molecular formula is C22H26BN3O4. The number of anilines is 1. The molecule has 4 rings (SSSR count). The van der Waals surface area contributed by atoms with Crippen LogP contribution in [0.25, 0.3) is 11.0 Å². The molecule has 0 bridgehead atoms. The lowest BCUT2D eigenvalue weighted by molar-refractivity contribution is 0.00578. The summed E-state index contributed by atoms with van der Waals surface area (Å²) in [6, 6.07) is 13.1. The van der Waals surface area contributed by atoms with E-state index in [2.05, 4.69) is 10.3 Å². The minimum Gasteiger partial charge on any atom is -0.495 e. The van der Waals surface area contributed by atoms with Gasteiger partial charge in [-0.15, -0.1) is 0 Å². The molecule has 0 saturated carbocycles. The van der Waals surface area contributed by atoms with E-state index in [1.165, 1.54) is 0 Å². The number of hydrogen-bond donors (Lipinski definition) is 1. The maximum Gasteiger partial charge on any atom is 0.494 e. The van der Waals surface area contributed by atoms with Gasteiger partial charge >= 0.3 is 7.12 Å². The van der Waals surface area contributed by atoms with Gasteiger partial charge in [0.05, 0.1) is 35.0 Å². The minimum atomic E-state index is -0.506. The number of carbonyl (C=O) groups is 1. The molecule has 0 aliphatic carbocycles. The smallest absolute Gasteiger partial charge is 0.494 e. The van der Waals surface area contributed by atoms with Gasteiger partial charge in [-0.2, -0.15) is 0 Å². The van der Waals surface area contributed by atoms with Crippen molar-refractivity contribution in [3.05, 3.63) is 48.3 Å². The van der Waals surface area contributed by atoms with Crippen LogP contribution in [0.1, 0.15) is 38.3 Å². The van der Waals surface area contributed by atoms with E-state index < -0.39 is 18.3 Å². The number of nitrogens with one attached hydrogen (secondary N) is 1. The summed E-state index contributed by atoms with van der Waals surface area (Å²) in [5.41, 5.74) is 2.18. The third-order valence-electron chi connectivity index (χ3n) is 5.99. The Hall–Kier alpha value is -2.84. The molecule has 1 aliphatic rings. The minimum absolute atomic E-state index is 0.310. The number of imidazole rings is 1. The number of amides is 1. The summed E-state index contributed by atoms with van der Waals surface area (Å²) in [5, 5.41) is 2.90.